The van der Waals surface area contributed by atoms with Gasteiger partial charge in [0.2, 0.25) is 0 Å². The number of halogens is 1. The number of benzene rings is 1. The van der Waals surface area contributed by atoms with E-state index in [2.05, 4.69) is 34.1 Å². The third-order valence-corrected chi connectivity index (χ3v) is 3.63. The van der Waals surface area contributed by atoms with Crippen LogP contribution in [-0.2, 0) is 6.42 Å². The molecule has 0 aliphatic rings. The van der Waals surface area contributed by atoms with Crippen LogP contribution in [0.4, 0.5) is 5.82 Å². The average molecular weight is 295 g/mol. The van der Waals surface area contributed by atoms with Crippen molar-refractivity contribution in [3.8, 4) is 11.3 Å². The third-order valence-electron chi connectivity index (χ3n) is 2.74. The zero-order chi connectivity index (χ0) is 12.4. The first-order chi connectivity index (χ1) is 8.13. The first-order valence-corrected chi connectivity index (χ1v) is 6.43. The van der Waals surface area contributed by atoms with Crippen molar-refractivity contribution < 1.29 is 4.52 Å². The summed E-state index contributed by atoms with van der Waals surface area (Å²) in [5.74, 6) is 1.29. The molecule has 0 fully saturated rings. The van der Waals surface area contributed by atoms with E-state index in [1.165, 1.54) is 5.56 Å². The zero-order valence-corrected chi connectivity index (χ0v) is 11.5. The Labute approximate surface area is 109 Å². The van der Waals surface area contributed by atoms with E-state index in [0.717, 1.165) is 34.2 Å². The summed E-state index contributed by atoms with van der Waals surface area (Å²) in [6.07, 6.45) is 1.91. The zero-order valence-electron chi connectivity index (χ0n) is 9.96. The Balaban J connectivity index is 2.48. The highest BCUT2D eigenvalue weighted by atomic mass is 79.9. The molecule has 0 atom stereocenters. The molecule has 2 N–H and O–H groups in total. The lowest BCUT2D eigenvalue weighted by molar-refractivity contribution is 0.435. The van der Waals surface area contributed by atoms with E-state index in [1.54, 1.807) is 0 Å². The second-order valence-corrected chi connectivity index (χ2v) is 4.94. The maximum atomic E-state index is 5.82. The molecular formula is C13H15BrN2O. The molecule has 0 amide bonds. The van der Waals surface area contributed by atoms with Crippen LogP contribution >= 0.6 is 15.9 Å². The smallest absolute Gasteiger partial charge is 0.172 e. The monoisotopic (exact) mass is 294 g/mol. The van der Waals surface area contributed by atoms with E-state index < -0.39 is 0 Å². The lowest BCUT2D eigenvalue weighted by Crippen LogP contribution is -1.92. The number of rotatable bonds is 3. The van der Waals surface area contributed by atoms with E-state index >= 15 is 0 Å². The van der Waals surface area contributed by atoms with Crippen LogP contribution in [0.3, 0.4) is 0 Å². The van der Waals surface area contributed by atoms with Crippen LogP contribution in [0, 0.1) is 6.92 Å². The number of nitrogen functional groups attached to an aromatic ring is 1. The molecule has 0 saturated carbocycles. The first-order valence-electron chi connectivity index (χ1n) is 5.64. The molecule has 1 aromatic heterocycles. The number of nitrogens with two attached hydrogens (primary N) is 1. The fourth-order valence-electron chi connectivity index (χ4n) is 1.83. The van der Waals surface area contributed by atoms with Crippen molar-refractivity contribution in [2.24, 2.45) is 0 Å². The number of hydrogen-bond acceptors (Lipinski definition) is 3. The van der Waals surface area contributed by atoms with Crippen LogP contribution in [0.15, 0.2) is 27.2 Å². The van der Waals surface area contributed by atoms with Crippen molar-refractivity contribution in [2.45, 2.75) is 26.7 Å². The number of aromatic nitrogens is 1. The fourth-order valence-corrected chi connectivity index (χ4v) is 2.07. The molecule has 0 aliphatic heterocycles. The fraction of sp³-hybridized carbons (Fsp3) is 0.308. The van der Waals surface area contributed by atoms with Crippen LogP contribution in [-0.4, -0.2) is 5.16 Å². The molecule has 90 valence electrons. The Morgan fingerprint density at radius 2 is 2.18 bits per heavy atom. The minimum atomic E-state index is 0.502. The van der Waals surface area contributed by atoms with Crippen LogP contribution in [0.2, 0.25) is 0 Å². The van der Waals surface area contributed by atoms with Gasteiger partial charge >= 0.3 is 0 Å². The van der Waals surface area contributed by atoms with E-state index in [-0.39, 0.29) is 0 Å². The minimum absolute atomic E-state index is 0.502. The van der Waals surface area contributed by atoms with Gasteiger partial charge in [-0.05, 0) is 37.1 Å². The van der Waals surface area contributed by atoms with Crippen molar-refractivity contribution in [1.29, 1.82) is 0 Å². The topological polar surface area (TPSA) is 52.0 Å². The third kappa shape index (κ3) is 2.36. The van der Waals surface area contributed by atoms with Gasteiger partial charge in [-0.2, -0.15) is 0 Å². The van der Waals surface area contributed by atoms with Gasteiger partial charge < -0.3 is 10.3 Å². The van der Waals surface area contributed by atoms with Gasteiger partial charge in [0.15, 0.2) is 11.6 Å². The van der Waals surface area contributed by atoms with E-state index in [9.17, 15) is 0 Å². The number of nitrogens with zero attached hydrogens (tertiary/aromatic N) is 1. The predicted octanol–water partition coefficient (Wildman–Crippen LogP) is 3.95. The Kier molecular flexibility index (Phi) is 3.52. The summed E-state index contributed by atoms with van der Waals surface area (Å²) >= 11 is 3.49. The summed E-state index contributed by atoms with van der Waals surface area (Å²) in [5.41, 5.74) is 9.02. The van der Waals surface area contributed by atoms with Crippen LogP contribution in [0.1, 0.15) is 24.5 Å². The Morgan fingerprint density at radius 3 is 2.82 bits per heavy atom. The van der Waals surface area contributed by atoms with Crippen LogP contribution in [0.5, 0.6) is 0 Å². The molecule has 17 heavy (non-hydrogen) atoms. The van der Waals surface area contributed by atoms with Crippen LogP contribution in [0.25, 0.3) is 11.3 Å². The molecule has 0 aliphatic carbocycles. The van der Waals surface area contributed by atoms with Gasteiger partial charge in [-0.25, -0.2) is 0 Å². The van der Waals surface area contributed by atoms with E-state index in [4.69, 9.17) is 10.3 Å². The van der Waals surface area contributed by atoms with Gasteiger partial charge in [-0.1, -0.05) is 34.4 Å². The molecule has 0 unspecified atom stereocenters. The molecule has 2 aromatic rings. The molecule has 0 radical (unpaired) electrons. The highest BCUT2D eigenvalue weighted by molar-refractivity contribution is 9.10. The quantitative estimate of drug-likeness (QED) is 0.932. The normalized spacial score (nSPS) is 10.8. The van der Waals surface area contributed by atoms with E-state index in [1.807, 2.05) is 19.1 Å². The second kappa shape index (κ2) is 4.92. The molecule has 3 nitrogen and oxygen atoms in total. The number of anilines is 1. The summed E-state index contributed by atoms with van der Waals surface area (Å²) in [5, 5.41) is 3.85. The van der Waals surface area contributed by atoms with Crippen LogP contribution < -0.4 is 5.73 Å². The maximum Gasteiger partial charge on any atom is 0.172 e. The molecule has 0 bridgehead atoms. The molecular weight excluding hydrogens is 280 g/mol. The summed E-state index contributed by atoms with van der Waals surface area (Å²) in [4.78, 5) is 0. The van der Waals surface area contributed by atoms with Gasteiger partial charge in [-0.15, -0.1) is 0 Å². The van der Waals surface area contributed by atoms with Gasteiger partial charge in [0.25, 0.3) is 0 Å². The maximum absolute atomic E-state index is 5.82. The molecule has 0 saturated heterocycles. The summed E-state index contributed by atoms with van der Waals surface area (Å²) in [6.45, 7) is 4.16. The second-order valence-electron chi connectivity index (χ2n) is 4.09. The first kappa shape index (κ1) is 12.2. The van der Waals surface area contributed by atoms with Gasteiger partial charge in [0, 0.05) is 15.6 Å². The molecule has 1 aromatic carbocycles. The number of aryl methyl sites for hydroxylation is 1. The van der Waals surface area contributed by atoms with Gasteiger partial charge in [-0.3, -0.25) is 0 Å². The SMILES string of the molecule is CCCc1c(N)noc1-c1ccc(Br)c(C)c1. The van der Waals surface area contributed by atoms with Crippen molar-refractivity contribution in [2.75, 3.05) is 5.73 Å². The average Bonchev–Trinajstić information content (AvgIpc) is 2.66. The van der Waals surface area contributed by atoms with Crippen molar-refractivity contribution in [1.82, 2.24) is 5.16 Å². The van der Waals surface area contributed by atoms with Crippen molar-refractivity contribution >= 4 is 21.7 Å². The highest BCUT2D eigenvalue weighted by Gasteiger charge is 2.15. The largest absolute Gasteiger partial charge is 0.381 e. The van der Waals surface area contributed by atoms with Crippen molar-refractivity contribution in [3.63, 3.8) is 0 Å². The Hall–Kier alpha value is -1.29. The lowest BCUT2D eigenvalue weighted by atomic mass is 10.0. The Bertz CT molecular complexity index is 534. The molecule has 4 heteroatoms. The Morgan fingerprint density at radius 1 is 1.41 bits per heavy atom. The number of hydrogen-bond donors (Lipinski definition) is 1. The molecule has 2 rings (SSSR count). The standard InChI is InChI=1S/C13H15BrN2O/c1-3-4-10-12(17-16-13(10)15)9-5-6-11(14)8(2)7-9/h5-7H,3-4H2,1-2H3,(H2,15,16). The van der Waals surface area contributed by atoms with Gasteiger partial charge in [0.05, 0.1) is 0 Å². The summed E-state index contributed by atoms with van der Waals surface area (Å²) in [7, 11) is 0. The highest BCUT2D eigenvalue weighted by Crippen LogP contribution is 2.31. The minimum Gasteiger partial charge on any atom is -0.381 e. The summed E-state index contributed by atoms with van der Waals surface area (Å²) < 4.78 is 6.43. The van der Waals surface area contributed by atoms with E-state index in [0.29, 0.717) is 5.82 Å². The van der Waals surface area contributed by atoms with Crippen molar-refractivity contribution in [3.05, 3.63) is 33.8 Å². The lowest BCUT2D eigenvalue weighted by Gasteiger charge is -2.03. The summed E-state index contributed by atoms with van der Waals surface area (Å²) in [6, 6.07) is 6.10. The molecule has 1 heterocycles. The molecule has 0 spiro atoms. The predicted molar refractivity (Wildman–Crippen MR) is 72.8 cm³/mol. The van der Waals surface area contributed by atoms with Gasteiger partial charge in [0.1, 0.15) is 0 Å².